The highest BCUT2D eigenvalue weighted by Crippen LogP contribution is 2.36. The largest absolute Gasteiger partial charge is 0.473 e. The smallest absolute Gasteiger partial charge is 0.226 e. The van der Waals surface area contributed by atoms with E-state index in [1.54, 1.807) is 10.7 Å². The Morgan fingerprint density at radius 3 is 2.17 bits per heavy atom. The van der Waals surface area contributed by atoms with E-state index in [9.17, 15) is 10.2 Å². The van der Waals surface area contributed by atoms with Crippen LogP contribution in [0.4, 0.5) is 0 Å². The highest BCUT2D eigenvalue weighted by molar-refractivity contribution is 5.94. The first-order valence-corrected chi connectivity index (χ1v) is 11.7. The van der Waals surface area contributed by atoms with Crippen molar-refractivity contribution in [3.63, 3.8) is 0 Å². The van der Waals surface area contributed by atoms with Crippen LogP contribution >= 0.6 is 0 Å². The molecule has 182 valence electrons. The molecule has 0 aliphatic rings. The number of aromatic nitrogens is 3. The van der Waals surface area contributed by atoms with Crippen LogP contribution in [0.2, 0.25) is 0 Å². The number of hydrogen-bond acceptors (Lipinski definition) is 6. The monoisotopic (exact) mass is 481 g/mol. The van der Waals surface area contributed by atoms with Gasteiger partial charge in [-0.2, -0.15) is 10.1 Å². The molecular weight excluding hydrogens is 454 g/mol. The van der Waals surface area contributed by atoms with Crippen molar-refractivity contribution in [3.05, 3.63) is 108 Å². The Kier molecular flexibility index (Phi) is 6.93. The number of aliphatic hydroxyl groups excluding tert-OH is 2. The molecule has 0 bridgehead atoms. The fourth-order valence-electron chi connectivity index (χ4n) is 4.04. The fraction of sp³-hybridized carbons (Fsp3) is 0.172. The number of hydrogen-bond donors (Lipinski definition) is 2. The molecule has 1 unspecified atom stereocenters. The minimum absolute atomic E-state index is 0.345. The van der Waals surface area contributed by atoms with Crippen molar-refractivity contribution >= 4 is 10.9 Å². The summed E-state index contributed by atoms with van der Waals surface area (Å²) in [6.07, 6.45) is -0.944. The molecule has 2 N–H and O–H groups in total. The van der Waals surface area contributed by atoms with Crippen molar-refractivity contribution in [1.29, 1.82) is 0 Å². The molecule has 0 amide bonds. The van der Waals surface area contributed by atoms with Crippen molar-refractivity contribution in [2.75, 3.05) is 6.61 Å². The van der Waals surface area contributed by atoms with E-state index in [1.165, 1.54) is 0 Å². The van der Waals surface area contributed by atoms with Gasteiger partial charge in [-0.3, -0.25) is 4.68 Å². The van der Waals surface area contributed by atoms with E-state index in [0.29, 0.717) is 36.2 Å². The van der Waals surface area contributed by atoms with Crippen LogP contribution < -0.4 is 9.47 Å². The third-order valence-corrected chi connectivity index (χ3v) is 5.97. The average Bonchev–Trinajstić information content (AvgIpc) is 3.26. The molecule has 0 radical (unpaired) electrons. The fourth-order valence-corrected chi connectivity index (χ4v) is 4.04. The molecule has 0 aliphatic carbocycles. The van der Waals surface area contributed by atoms with Gasteiger partial charge in [-0.25, -0.2) is 0 Å². The molecule has 0 spiro atoms. The van der Waals surface area contributed by atoms with Crippen molar-refractivity contribution < 1.29 is 19.7 Å². The van der Waals surface area contributed by atoms with Gasteiger partial charge in [0, 0.05) is 18.5 Å². The Labute approximate surface area is 209 Å². The third kappa shape index (κ3) is 5.07. The summed E-state index contributed by atoms with van der Waals surface area (Å²) in [5, 5.41) is 25.0. The molecule has 36 heavy (non-hydrogen) atoms. The summed E-state index contributed by atoms with van der Waals surface area (Å²) in [4.78, 5) is 4.69. The standard InChI is InChI=1S/C29H27N3O4/c1-32-25-16-22(26(34)17-33)12-13-23(25)28(31-32)24-14-15-27(35-18-20-8-4-2-5-9-20)30-29(24)36-19-21-10-6-3-7-11-21/h2-16,26,33-34H,17-19H2,1H3. The lowest BCUT2D eigenvalue weighted by atomic mass is 10.0. The molecule has 0 saturated carbocycles. The van der Waals surface area contributed by atoms with Crippen LogP contribution in [0.5, 0.6) is 11.8 Å². The Morgan fingerprint density at radius 2 is 1.50 bits per heavy atom. The average molecular weight is 482 g/mol. The van der Waals surface area contributed by atoms with Gasteiger partial charge in [-0.05, 0) is 28.8 Å². The number of ether oxygens (including phenoxy) is 2. The lowest BCUT2D eigenvalue weighted by Crippen LogP contribution is -2.03. The maximum Gasteiger partial charge on any atom is 0.226 e. The molecule has 7 heteroatoms. The predicted octanol–water partition coefficient (Wildman–Crippen LogP) is 4.82. The van der Waals surface area contributed by atoms with E-state index < -0.39 is 6.10 Å². The van der Waals surface area contributed by atoms with E-state index in [4.69, 9.17) is 14.6 Å². The molecule has 3 aromatic carbocycles. The minimum Gasteiger partial charge on any atom is -0.473 e. The molecule has 2 aromatic heterocycles. The number of fused-ring (bicyclic) bond motifs is 1. The SMILES string of the molecule is Cn1nc(-c2ccc(OCc3ccccc3)nc2OCc2ccccc2)c2ccc(C(O)CO)cc21. The summed E-state index contributed by atoms with van der Waals surface area (Å²) >= 11 is 0. The predicted molar refractivity (Wildman–Crippen MR) is 138 cm³/mol. The highest BCUT2D eigenvalue weighted by atomic mass is 16.5. The lowest BCUT2D eigenvalue weighted by Gasteiger charge is -2.12. The van der Waals surface area contributed by atoms with Gasteiger partial charge in [0.2, 0.25) is 11.8 Å². The molecule has 5 rings (SSSR count). The minimum atomic E-state index is -0.944. The third-order valence-electron chi connectivity index (χ3n) is 5.97. The number of aliphatic hydroxyl groups is 2. The maximum absolute atomic E-state index is 10.1. The van der Waals surface area contributed by atoms with Crippen molar-refractivity contribution in [2.24, 2.45) is 7.05 Å². The molecule has 0 aliphatic heterocycles. The van der Waals surface area contributed by atoms with Crippen LogP contribution in [0.25, 0.3) is 22.2 Å². The quantitative estimate of drug-likeness (QED) is 0.314. The molecule has 1 atom stereocenters. The summed E-state index contributed by atoms with van der Waals surface area (Å²) in [6.45, 7) is 0.399. The first-order valence-electron chi connectivity index (χ1n) is 11.7. The summed E-state index contributed by atoms with van der Waals surface area (Å²) in [5.74, 6) is 0.878. The second kappa shape index (κ2) is 10.6. The molecule has 2 heterocycles. The second-order valence-electron chi connectivity index (χ2n) is 8.50. The van der Waals surface area contributed by atoms with Gasteiger partial charge in [0.15, 0.2) is 0 Å². The number of rotatable bonds is 9. The summed E-state index contributed by atoms with van der Waals surface area (Å²) in [5.41, 5.74) is 4.97. The zero-order valence-corrected chi connectivity index (χ0v) is 19.9. The van der Waals surface area contributed by atoms with Crippen molar-refractivity contribution in [1.82, 2.24) is 14.8 Å². The van der Waals surface area contributed by atoms with Gasteiger partial charge >= 0.3 is 0 Å². The second-order valence-corrected chi connectivity index (χ2v) is 8.50. The van der Waals surface area contributed by atoms with Gasteiger partial charge < -0.3 is 19.7 Å². The van der Waals surface area contributed by atoms with E-state index in [-0.39, 0.29) is 6.61 Å². The lowest BCUT2D eigenvalue weighted by molar-refractivity contribution is 0.0957. The maximum atomic E-state index is 10.1. The molecule has 0 saturated heterocycles. The zero-order valence-electron chi connectivity index (χ0n) is 19.9. The van der Waals surface area contributed by atoms with Crippen LogP contribution in [0.3, 0.4) is 0 Å². The van der Waals surface area contributed by atoms with Crippen LogP contribution in [0.15, 0.2) is 91.0 Å². The first kappa shape index (κ1) is 23.5. The van der Waals surface area contributed by atoms with Gasteiger partial charge in [-0.1, -0.05) is 72.8 Å². The van der Waals surface area contributed by atoms with E-state index in [1.807, 2.05) is 92.0 Å². The van der Waals surface area contributed by atoms with Gasteiger partial charge in [0.1, 0.15) is 25.0 Å². The molecule has 7 nitrogen and oxygen atoms in total. The van der Waals surface area contributed by atoms with Crippen LogP contribution in [0.1, 0.15) is 22.8 Å². The van der Waals surface area contributed by atoms with Crippen LogP contribution in [-0.2, 0) is 20.3 Å². The Balaban J connectivity index is 1.51. The van der Waals surface area contributed by atoms with Gasteiger partial charge in [0.25, 0.3) is 0 Å². The van der Waals surface area contributed by atoms with Gasteiger partial charge in [-0.15, -0.1) is 0 Å². The first-order chi connectivity index (χ1) is 17.6. The van der Waals surface area contributed by atoms with E-state index >= 15 is 0 Å². The zero-order chi connectivity index (χ0) is 24.9. The Hall–Kier alpha value is -4.20. The summed E-state index contributed by atoms with van der Waals surface area (Å²) in [7, 11) is 1.84. The Bertz CT molecular complexity index is 1450. The number of aryl methyl sites for hydroxylation is 1. The highest BCUT2D eigenvalue weighted by Gasteiger charge is 2.19. The number of nitrogens with zero attached hydrogens (tertiary/aromatic N) is 3. The number of benzene rings is 3. The van der Waals surface area contributed by atoms with Gasteiger partial charge in [0.05, 0.1) is 17.7 Å². The van der Waals surface area contributed by atoms with E-state index in [2.05, 4.69) is 4.98 Å². The van der Waals surface area contributed by atoms with Crippen molar-refractivity contribution in [2.45, 2.75) is 19.3 Å². The van der Waals surface area contributed by atoms with Crippen LogP contribution in [-0.4, -0.2) is 31.6 Å². The summed E-state index contributed by atoms with van der Waals surface area (Å²) < 4.78 is 13.9. The van der Waals surface area contributed by atoms with E-state index in [0.717, 1.165) is 27.6 Å². The molecular formula is C29H27N3O4. The Morgan fingerprint density at radius 1 is 0.833 bits per heavy atom. The van der Waals surface area contributed by atoms with Crippen molar-refractivity contribution in [3.8, 4) is 23.0 Å². The molecule has 0 fully saturated rings. The topological polar surface area (TPSA) is 89.6 Å². The molecule has 5 aromatic rings. The summed E-state index contributed by atoms with van der Waals surface area (Å²) in [6, 6.07) is 29.1. The normalized spacial score (nSPS) is 12.0. The number of pyridine rings is 1. The van der Waals surface area contributed by atoms with Crippen LogP contribution in [0, 0.1) is 0 Å².